The normalized spacial score (nSPS) is 17.0. The van der Waals surface area contributed by atoms with Gasteiger partial charge in [0.15, 0.2) is 0 Å². The van der Waals surface area contributed by atoms with E-state index in [-0.39, 0.29) is 5.91 Å². The van der Waals surface area contributed by atoms with E-state index in [0.29, 0.717) is 18.0 Å². The number of aryl methyl sites for hydroxylation is 1. The van der Waals surface area contributed by atoms with Gasteiger partial charge in [-0.25, -0.2) is 0 Å². The van der Waals surface area contributed by atoms with Gasteiger partial charge >= 0.3 is 0 Å². The van der Waals surface area contributed by atoms with Gasteiger partial charge in [-0.15, -0.1) is 10.2 Å². The molecular weight excluding hydrogens is 350 g/mol. The second-order valence-electron chi connectivity index (χ2n) is 7.32. The molecule has 0 aliphatic carbocycles. The summed E-state index contributed by atoms with van der Waals surface area (Å²) in [5.41, 5.74) is 4.35. The quantitative estimate of drug-likeness (QED) is 0.720. The third-order valence-corrected chi connectivity index (χ3v) is 5.44. The zero-order valence-electron chi connectivity index (χ0n) is 16.1. The maximum Gasteiger partial charge on any atom is 0.251 e. The van der Waals surface area contributed by atoms with Crippen LogP contribution in [0.15, 0.2) is 61.2 Å². The highest BCUT2D eigenvalue weighted by atomic mass is 16.1. The van der Waals surface area contributed by atoms with Crippen LogP contribution in [0.3, 0.4) is 0 Å². The minimum absolute atomic E-state index is 0.0513. The fourth-order valence-corrected chi connectivity index (χ4v) is 3.91. The average Bonchev–Trinajstić information content (AvgIpc) is 3.41. The lowest BCUT2D eigenvalue weighted by molar-refractivity contribution is 0.0949. The van der Waals surface area contributed by atoms with E-state index in [1.807, 2.05) is 24.3 Å². The molecule has 6 nitrogen and oxygen atoms in total. The molecule has 4 rings (SSSR count). The minimum Gasteiger partial charge on any atom is -0.351 e. The third kappa shape index (κ3) is 4.12. The molecule has 3 aromatic rings. The molecule has 28 heavy (non-hydrogen) atoms. The van der Waals surface area contributed by atoms with Gasteiger partial charge in [-0.2, -0.15) is 0 Å². The van der Waals surface area contributed by atoms with Gasteiger partial charge < -0.3 is 10.2 Å². The van der Waals surface area contributed by atoms with Gasteiger partial charge in [-0.1, -0.05) is 30.3 Å². The van der Waals surface area contributed by atoms with E-state index >= 15 is 0 Å². The van der Waals surface area contributed by atoms with Gasteiger partial charge in [0, 0.05) is 30.9 Å². The monoisotopic (exact) mass is 375 g/mol. The van der Waals surface area contributed by atoms with Crippen molar-refractivity contribution in [2.45, 2.75) is 19.3 Å². The summed E-state index contributed by atoms with van der Waals surface area (Å²) in [6.07, 6.45) is 4.42. The highest BCUT2D eigenvalue weighted by molar-refractivity contribution is 5.94. The zero-order chi connectivity index (χ0) is 19.3. The molecule has 1 N–H and O–H groups in total. The summed E-state index contributed by atoms with van der Waals surface area (Å²) in [6, 6.07) is 16.1. The van der Waals surface area contributed by atoms with E-state index in [1.165, 1.54) is 17.5 Å². The zero-order valence-corrected chi connectivity index (χ0v) is 16.1. The molecule has 0 bridgehead atoms. The highest BCUT2D eigenvalue weighted by Crippen LogP contribution is 2.28. The first kappa shape index (κ1) is 18.4. The Kier molecular flexibility index (Phi) is 5.48. The van der Waals surface area contributed by atoms with Crippen LogP contribution in [0.5, 0.6) is 0 Å². The minimum atomic E-state index is -0.0513. The molecule has 0 radical (unpaired) electrons. The Bertz CT molecular complexity index is 938. The summed E-state index contributed by atoms with van der Waals surface area (Å²) in [4.78, 5) is 14.9. The van der Waals surface area contributed by atoms with Crippen LogP contribution in [0.1, 0.15) is 33.8 Å². The van der Waals surface area contributed by atoms with Crippen LogP contribution in [-0.4, -0.2) is 51.8 Å². The lowest BCUT2D eigenvalue weighted by Crippen LogP contribution is -2.33. The molecule has 0 saturated carbocycles. The number of rotatable bonds is 6. The molecule has 1 amide bonds. The van der Waals surface area contributed by atoms with Gasteiger partial charge in [-0.05, 0) is 55.1 Å². The lowest BCUT2D eigenvalue weighted by atomic mass is 9.94. The number of carbonyl (C=O) groups is 1. The van der Waals surface area contributed by atoms with Crippen molar-refractivity contribution in [1.29, 1.82) is 0 Å². The topological polar surface area (TPSA) is 63.1 Å². The first-order valence-electron chi connectivity index (χ1n) is 9.72. The Morgan fingerprint density at radius 1 is 1.14 bits per heavy atom. The second-order valence-corrected chi connectivity index (χ2v) is 7.32. The van der Waals surface area contributed by atoms with Gasteiger partial charge in [0.1, 0.15) is 12.7 Å². The van der Waals surface area contributed by atoms with Crippen LogP contribution in [0.2, 0.25) is 0 Å². The molecule has 2 heterocycles. The Hall–Kier alpha value is -2.99. The van der Waals surface area contributed by atoms with Crippen molar-refractivity contribution in [3.8, 4) is 5.69 Å². The first-order valence-corrected chi connectivity index (χ1v) is 9.72. The number of benzene rings is 2. The molecule has 1 aliphatic heterocycles. The molecule has 1 atom stereocenters. The predicted molar refractivity (Wildman–Crippen MR) is 109 cm³/mol. The van der Waals surface area contributed by atoms with Crippen LogP contribution in [0.25, 0.3) is 5.69 Å². The summed E-state index contributed by atoms with van der Waals surface area (Å²) >= 11 is 0. The van der Waals surface area contributed by atoms with E-state index in [0.717, 1.165) is 25.3 Å². The van der Waals surface area contributed by atoms with Crippen LogP contribution in [0.4, 0.5) is 0 Å². The number of hydrogen-bond acceptors (Lipinski definition) is 4. The van der Waals surface area contributed by atoms with Gasteiger partial charge in [0.2, 0.25) is 0 Å². The van der Waals surface area contributed by atoms with Crippen molar-refractivity contribution in [2.75, 3.05) is 26.2 Å². The SMILES string of the molecule is Cc1ccccc1[C@H]1CCN(CCNC(=O)c2cccc(-n3cnnc3)c2)C1. The standard InChI is InChI=1S/C22H25N5O/c1-17-5-2-3-8-21(17)19-9-11-26(14-19)12-10-23-22(28)18-6-4-7-20(13-18)27-15-24-25-16-27/h2-8,13,15-16,19H,9-12,14H2,1H3,(H,23,28)/t19-/m0/s1. The first-order chi connectivity index (χ1) is 13.7. The Balaban J connectivity index is 1.28. The summed E-state index contributed by atoms with van der Waals surface area (Å²) < 4.78 is 1.78. The molecule has 0 spiro atoms. The maximum absolute atomic E-state index is 12.5. The lowest BCUT2D eigenvalue weighted by Gasteiger charge is -2.17. The molecule has 6 heteroatoms. The predicted octanol–water partition coefficient (Wildman–Crippen LogP) is 2.80. The van der Waals surface area contributed by atoms with E-state index in [9.17, 15) is 4.79 Å². The van der Waals surface area contributed by atoms with Crippen LogP contribution in [0, 0.1) is 6.92 Å². The van der Waals surface area contributed by atoms with Crippen molar-refractivity contribution in [3.63, 3.8) is 0 Å². The molecule has 1 aromatic heterocycles. The molecule has 144 valence electrons. The summed E-state index contributed by atoms with van der Waals surface area (Å²) in [5, 5.41) is 10.7. The van der Waals surface area contributed by atoms with Gasteiger partial charge in [-0.3, -0.25) is 9.36 Å². The number of hydrogen-bond donors (Lipinski definition) is 1. The Morgan fingerprint density at radius 3 is 2.79 bits per heavy atom. The number of nitrogens with one attached hydrogen (secondary N) is 1. The Morgan fingerprint density at radius 2 is 1.96 bits per heavy atom. The number of likely N-dealkylation sites (tertiary alicyclic amines) is 1. The third-order valence-electron chi connectivity index (χ3n) is 5.44. The van der Waals surface area contributed by atoms with Crippen LogP contribution >= 0.6 is 0 Å². The van der Waals surface area contributed by atoms with E-state index in [1.54, 1.807) is 17.2 Å². The summed E-state index contributed by atoms with van der Waals surface area (Å²) in [5.74, 6) is 0.543. The maximum atomic E-state index is 12.5. The summed E-state index contributed by atoms with van der Waals surface area (Å²) in [7, 11) is 0. The van der Waals surface area contributed by atoms with Crippen molar-refractivity contribution in [3.05, 3.63) is 77.9 Å². The van der Waals surface area contributed by atoms with Crippen molar-refractivity contribution in [2.24, 2.45) is 0 Å². The molecule has 1 saturated heterocycles. The van der Waals surface area contributed by atoms with Crippen molar-refractivity contribution in [1.82, 2.24) is 25.0 Å². The smallest absolute Gasteiger partial charge is 0.251 e. The average molecular weight is 375 g/mol. The van der Waals surface area contributed by atoms with Gasteiger partial charge in [0.05, 0.1) is 0 Å². The number of nitrogens with zero attached hydrogens (tertiary/aromatic N) is 4. The Labute approximate surface area is 165 Å². The number of carbonyl (C=O) groups excluding carboxylic acids is 1. The van der Waals surface area contributed by atoms with E-state index in [4.69, 9.17) is 0 Å². The van der Waals surface area contributed by atoms with Crippen molar-refractivity contribution >= 4 is 5.91 Å². The number of amides is 1. The molecular formula is C22H25N5O. The van der Waals surface area contributed by atoms with Gasteiger partial charge in [0.25, 0.3) is 5.91 Å². The molecule has 1 fully saturated rings. The van der Waals surface area contributed by atoms with Crippen LogP contribution < -0.4 is 5.32 Å². The molecule has 2 aromatic carbocycles. The summed E-state index contributed by atoms with van der Waals surface area (Å²) in [6.45, 7) is 5.85. The highest BCUT2D eigenvalue weighted by Gasteiger charge is 2.24. The van der Waals surface area contributed by atoms with E-state index < -0.39 is 0 Å². The molecule has 1 aliphatic rings. The van der Waals surface area contributed by atoms with E-state index in [2.05, 4.69) is 51.6 Å². The molecule has 0 unspecified atom stereocenters. The fraction of sp³-hybridized carbons (Fsp3) is 0.318. The second kappa shape index (κ2) is 8.35. The number of aromatic nitrogens is 3. The fourth-order valence-electron chi connectivity index (χ4n) is 3.91. The largest absolute Gasteiger partial charge is 0.351 e. The van der Waals surface area contributed by atoms with Crippen LogP contribution in [-0.2, 0) is 0 Å². The van der Waals surface area contributed by atoms with Crippen molar-refractivity contribution < 1.29 is 4.79 Å².